The smallest absolute Gasteiger partial charge is 0.326 e. The molecule has 0 atom stereocenters. The van der Waals surface area contributed by atoms with Crippen LogP contribution in [0.2, 0.25) is 0 Å². The molecule has 2 fully saturated rings. The number of rotatable bonds is 5. The lowest BCUT2D eigenvalue weighted by atomic mass is 9.86. The number of carbonyl (C=O) groups is 1. The molecule has 4 heteroatoms. The van der Waals surface area contributed by atoms with Gasteiger partial charge in [-0.1, -0.05) is 19.8 Å². The van der Waals surface area contributed by atoms with Crippen LogP contribution in [0.15, 0.2) is 0 Å². The van der Waals surface area contributed by atoms with Crippen molar-refractivity contribution >= 4 is 5.97 Å². The molecule has 1 N–H and O–H groups in total. The van der Waals surface area contributed by atoms with Crippen molar-refractivity contribution in [2.24, 2.45) is 0 Å². The molecule has 110 valence electrons. The van der Waals surface area contributed by atoms with Crippen LogP contribution in [0.4, 0.5) is 0 Å². The van der Waals surface area contributed by atoms with Gasteiger partial charge in [0.2, 0.25) is 0 Å². The van der Waals surface area contributed by atoms with E-state index in [0.717, 1.165) is 32.5 Å². The molecule has 0 spiro atoms. The third-order valence-electron chi connectivity index (χ3n) is 4.66. The second kappa shape index (κ2) is 6.71. The molecule has 1 saturated heterocycles. The molecule has 0 amide bonds. The first kappa shape index (κ1) is 14.8. The van der Waals surface area contributed by atoms with E-state index in [4.69, 9.17) is 4.74 Å². The van der Waals surface area contributed by atoms with E-state index in [1.807, 2.05) is 6.92 Å². The molecule has 19 heavy (non-hydrogen) atoms. The van der Waals surface area contributed by atoms with Gasteiger partial charge in [0.1, 0.15) is 5.54 Å². The fourth-order valence-corrected chi connectivity index (χ4v) is 3.39. The van der Waals surface area contributed by atoms with Crippen LogP contribution in [0, 0.1) is 0 Å². The summed E-state index contributed by atoms with van der Waals surface area (Å²) in [4.78, 5) is 14.8. The van der Waals surface area contributed by atoms with Crippen molar-refractivity contribution in [2.45, 2.75) is 64.0 Å². The monoisotopic (exact) mass is 268 g/mol. The number of hydrogen-bond acceptors (Lipinski definition) is 4. The lowest BCUT2D eigenvalue weighted by molar-refractivity contribution is -0.154. The summed E-state index contributed by atoms with van der Waals surface area (Å²) in [5.41, 5.74) is -0.420. The molecule has 1 saturated carbocycles. The quantitative estimate of drug-likeness (QED) is 0.774. The van der Waals surface area contributed by atoms with E-state index in [1.54, 1.807) is 0 Å². The Morgan fingerprint density at radius 3 is 2.42 bits per heavy atom. The Labute approximate surface area is 116 Å². The molecule has 2 rings (SSSR count). The number of nitrogens with zero attached hydrogens (tertiary/aromatic N) is 1. The minimum Gasteiger partial charge on any atom is -0.465 e. The molecular weight excluding hydrogens is 240 g/mol. The van der Waals surface area contributed by atoms with Crippen molar-refractivity contribution in [3.63, 3.8) is 0 Å². The summed E-state index contributed by atoms with van der Waals surface area (Å²) in [5.74, 6) is -0.0300. The molecule has 2 aliphatic rings. The van der Waals surface area contributed by atoms with E-state index in [-0.39, 0.29) is 5.97 Å². The van der Waals surface area contributed by atoms with Gasteiger partial charge in [-0.25, -0.2) is 0 Å². The highest BCUT2D eigenvalue weighted by Crippen LogP contribution is 2.28. The van der Waals surface area contributed by atoms with Crippen molar-refractivity contribution in [2.75, 3.05) is 26.2 Å². The van der Waals surface area contributed by atoms with Gasteiger partial charge >= 0.3 is 5.97 Å². The molecule has 4 nitrogen and oxygen atoms in total. The maximum absolute atomic E-state index is 12.4. The van der Waals surface area contributed by atoms with E-state index < -0.39 is 5.54 Å². The first-order valence-electron chi connectivity index (χ1n) is 7.87. The SMILES string of the molecule is CCOC(=O)C1(NC2CCCC2)CCN(CC)CC1. The number of nitrogens with one attached hydrogen (secondary N) is 1. The zero-order valence-electron chi connectivity index (χ0n) is 12.4. The van der Waals surface area contributed by atoms with Crippen molar-refractivity contribution in [3.05, 3.63) is 0 Å². The van der Waals surface area contributed by atoms with E-state index in [9.17, 15) is 4.79 Å². The molecule has 1 aliphatic carbocycles. The minimum atomic E-state index is -0.420. The highest BCUT2D eigenvalue weighted by Gasteiger charge is 2.43. The highest BCUT2D eigenvalue weighted by atomic mass is 16.5. The van der Waals surface area contributed by atoms with E-state index in [1.165, 1.54) is 25.7 Å². The summed E-state index contributed by atoms with van der Waals surface area (Å²) >= 11 is 0. The Hall–Kier alpha value is -0.610. The maximum Gasteiger partial charge on any atom is 0.326 e. The molecule has 0 aromatic carbocycles. The van der Waals surface area contributed by atoms with Gasteiger partial charge in [0.05, 0.1) is 6.61 Å². The number of ether oxygens (including phenoxy) is 1. The summed E-state index contributed by atoms with van der Waals surface area (Å²) in [6, 6.07) is 0.512. The standard InChI is InChI=1S/C15H28N2O2/c1-3-17-11-9-15(10-12-17,14(18)19-4-2)16-13-7-5-6-8-13/h13,16H,3-12H2,1-2H3. The highest BCUT2D eigenvalue weighted by molar-refractivity contribution is 5.81. The first-order chi connectivity index (χ1) is 9.20. The van der Waals surface area contributed by atoms with Gasteiger partial charge in [-0.05, 0) is 39.2 Å². The van der Waals surface area contributed by atoms with Crippen LogP contribution >= 0.6 is 0 Å². The third-order valence-corrected chi connectivity index (χ3v) is 4.66. The summed E-state index contributed by atoms with van der Waals surface area (Å²) in [5, 5.41) is 3.66. The molecule has 0 aromatic heterocycles. The van der Waals surface area contributed by atoms with Crippen molar-refractivity contribution in [1.82, 2.24) is 10.2 Å². The number of likely N-dealkylation sites (tertiary alicyclic amines) is 1. The maximum atomic E-state index is 12.4. The van der Waals surface area contributed by atoms with Crippen molar-refractivity contribution in [1.29, 1.82) is 0 Å². The predicted molar refractivity (Wildman–Crippen MR) is 76.1 cm³/mol. The Bertz CT molecular complexity index is 293. The minimum absolute atomic E-state index is 0.0300. The Morgan fingerprint density at radius 2 is 1.89 bits per heavy atom. The lowest BCUT2D eigenvalue weighted by Crippen LogP contribution is -2.61. The fraction of sp³-hybridized carbons (Fsp3) is 0.933. The zero-order valence-corrected chi connectivity index (χ0v) is 12.4. The third kappa shape index (κ3) is 3.48. The fourth-order valence-electron chi connectivity index (χ4n) is 3.39. The predicted octanol–water partition coefficient (Wildman–Crippen LogP) is 1.94. The Balaban J connectivity index is 2.02. The average Bonchev–Trinajstić information content (AvgIpc) is 2.92. The van der Waals surface area contributed by atoms with Gasteiger partial charge in [0.25, 0.3) is 0 Å². The number of carbonyl (C=O) groups excluding carboxylic acids is 1. The molecule has 1 aliphatic heterocycles. The van der Waals surface area contributed by atoms with Crippen LogP contribution < -0.4 is 5.32 Å². The van der Waals surface area contributed by atoms with Crippen molar-refractivity contribution < 1.29 is 9.53 Å². The molecule has 0 aromatic rings. The van der Waals surface area contributed by atoms with Crippen molar-refractivity contribution in [3.8, 4) is 0 Å². The normalized spacial score (nSPS) is 24.5. The van der Waals surface area contributed by atoms with Crippen LogP contribution in [0.3, 0.4) is 0 Å². The van der Waals surface area contributed by atoms with Crippen LogP contribution in [0.25, 0.3) is 0 Å². The second-order valence-corrected chi connectivity index (χ2v) is 5.86. The van der Waals surface area contributed by atoms with Crippen LogP contribution in [0.5, 0.6) is 0 Å². The Kier molecular flexibility index (Phi) is 5.22. The number of hydrogen-bond donors (Lipinski definition) is 1. The van der Waals surface area contributed by atoms with E-state index in [2.05, 4.69) is 17.1 Å². The summed E-state index contributed by atoms with van der Waals surface area (Å²) in [6.45, 7) is 7.61. The van der Waals surface area contributed by atoms with Gasteiger partial charge in [-0.15, -0.1) is 0 Å². The van der Waals surface area contributed by atoms with Gasteiger partial charge < -0.3 is 9.64 Å². The molecule has 0 unspecified atom stereocenters. The zero-order chi connectivity index (χ0) is 13.7. The first-order valence-corrected chi connectivity index (χ1v) is 7.87. The second-order valence-electron chi connectivity index (χ2n) is 5.86. The molecule has 0 radical (unpaired) electrons. The van der Waals surface area contributed by atoms with Gasteiger partial charge in [0, 0.05) is 19.1 Å². The van der Waals surface area contributed by atoms with Gasteiger partial charge in [-0.2, -0.15) is 0 Å². The van der Waals surface area contributed by atoms with Gasteiger partial charge in [0.15, 0.2) is 0 Å². The summed E-state index contributed by atoms with van der Waals surface area (Å²) in [6.07, 6.45) is 6.76. The average molecular weight is 268 g/mol. The largest absolute Gasteiger partial charge is 0.465 e. The van der Waals surface area contributed by atoms with Crippen LogP contribution in [-0.4, -0.2) is 48.7 Å². The molecule has 0 bridgehead atoms. The lowest BCUT2D eigenvalue weighted by Gasteiger charge is -2.41. The summed E-state index contributed by atoms with van der Waals surface area (Å²) in [7, 11) is 0. The van der Waals surface area contributed by atoms with Crippen LogP contribution in [-0.2, 0) is 9.53 Å². The van der Waals surface area contributed by atoms with Crippen LogP contribution in [0.1, 0.15) is 52.4 Å². The molecular formula is C15H28N2O2. The van der Waals surface area contributed by atoms with E-state index in [0.29, 0.717) is 12.6 Å². The number of piperidine rings is 1. The topological polar surface area (TPSA) is 41.6 Å². The summed E-state index contributed by atoms with van der Waals surface area (Å²) < 4.78 is 5.34. The van der Waals surface area contributed by atoms with E-state index >= 15 is 0 Å². The molecule has 1 heterocycles. The van der Waals surface area contributed by atoms with Gasteiger partial charge in [-0.3, -0.25) is 10.1 Å². The Morgan fingerprint density at radius 1 is 1.26 bits per heavy atom. The number of esters is 1.